The first-order valence-corrected chi connectivity index (χ1v) is 9.30. The molecule has 0 fully saturated rings. The number of fused-ring (bicyclic) bond motifs is 2. The molecule has 0 saturated heterocycles. The Morgan fingerprint density at radius 1 is 1.35 bits per heavy atom. The Hall–Kier alpha value is -1.86. The van der Waals surface area contributed by atoms with E-state index in [0.717, 1.165) is 42.1 Å². The zero-order valence-electron chi connectivity index (χ0n) is 12.9. The Morgan fingerprint density at radius 3 is 3.09 bits per heavy atom. The topological polar surface area (TPSA) is 73.2 Å². The van der Waals surface area contributed by atoms with Crippen molar-refractivity contribution in [1.29, 1.82) is 0 Å². The van der Waals surface area contributed by atoms with Crippen molar-refractivity contribution in [2.75, 3.05) is 6.61 Å². The van der Waals surface area contributed by atoms with Crippen molar-refractivity contribution in [1.82, 2.24) is 14.3 Å². The number of nitrogens with one attached hydrogen (secondary N) is 1. The zero-order valence-corrected chi connectivity index (χ0v) is 13.8. The number of aryl methyl sites for hydroxylation is 2. The first-order valence-electron chi connectivity index (χ1n) is 7.82. The summed E-state index contributed by atoms with van der Waals surface area (Å²) in [5.74, 6) is 1.83. The van der Waals surface area contributed by atoms with Crippen molar-refractivity contribution in [3.63, 3.8) is 0 Å². The van der Waals surface area contributed by atoms with E-state index in [1.165, 1.54) is 0 Å². The summed E-state index contributed by atoms with van der Waals surface area (Å²) < 4.78 is 35.6. The molecule has 7 heteroatoms. The van der Waals surface area contributed by atoms with Crippen LogP contribution in [0.1, 0.15) is 23.5 Å². The molecule has 0 unspecified atom stereocenters. The molecule has 122 valence electrons. The van der Waals surface area contributed by atoms with Crippen LogP contribution >= 0.6 is 0 Å². The second kappa shape index (κ2) is 5.35. The minimum atomic E-state index is -3.52. The maximum Gasteiger partial charge on any atom is 0.240 e. The smallest absolute Gasteiger partial charge is 0.240 e. The van der Waals surface area contributed by atoms with Crippen LogP contribution in [0.5, 0.6) is 5.75 Å². The van der Waals surface area contributed by atoms with Crippen LogP contribution in [0, 0.1) is 6.92 Å². The quantitative estimate of drug-likeness (QED) is 0.922. The average molecular weight is 333 g/mol. The summed E-state index contributed by atoms with van der Waals surface area (Å²) in [6, 6.07) is 4.97. The first kappa shape index (κ1) is 14.7. The van der Waals surface area contributed by atoms with Crippen LogP contribution in [-0.4, -0.2) is 30.6 Å². The van der Waals surface area contributed by atoms with Gasteiger partial charge in [0.25, 0.3) is 0 Å². The third kappa shape index (κ3) is 2.74. The minimum Gasteiger partial charge on any atom is -0.493 e. The summed E-state index contributed by atoms with van der Waals surface area (Å²) >= 11 is 0. The van der Waals surface area contributed by atoms with Gasteiger partial charge in [-0.2, -0.15) is 0 Å². The lowest BCUT2D eigenvalue weighted by atomic mass is 10.1. The first-order chi connectivity index (χ1) is 11.0. The lowest BCUT2D eigenvalue weighted by Gasteiger charge is -2.24. The van der Waals surface area contributed by atoms with E-state index in [4.69, 9.17) is 4.74 Å². The van der Waals surface area contributed by atoms with Gasteiger partial charge in [0.1, 0.15) is 11.6 Å². The van der Waals surface area contributed by atoms with Crippen molar-refractivity contribution in [2.45, 2.75) is 43.7 Å². The molecule has 0 spiro atoms. The van der Waals surface area contributed by atoms with Crippen LogP contribution in [0.4, 0.5) is 0 Å². The second-order valence-corrected chi connectivity index (χ2v) is 7.89. The van der Waals surface area contributed by atoms with Gasteiger partial charge in [0.15, 0.2) is 0 Å². The van der Waals surface area contributed by atoms with Gasteiger partial charge in [0, 0.05) is 31.6 Å². The zero-order chi connectivity index (χ0) is 16.0. The molecule has 0 amide bonds. The number of aromatic nitrogens is 2. The molecular formula is C16H19N3O3S. The number of nitrogens with zero attached hydrogens (tertiary/aromatic N) is 2. The highest BCUT2D eigenvalue weighted by Crippen LogP contribution is 2.28. The second-order valence-electron chi connectivity index (χ2n) is 6.18. The molecular weight excluding hydrogens is 314 g/mol. The van der Waals surface area contributed by atoms with E-state index >= 15 is 0 Å². The van der Waals surface area contributed by atoms with E-state index in [0.29, 0.717) is 18.0 Å². The molecule has 2 aliphatic heterocycles. The van der Waals surface area contributed by atoms with Gasteiger partial charge in [0.2, 0.25) is 10.0 Å². The minimum absolute atomic E-state index is 0.106. The molecule has 4 rings (SSSR count). The highest BCUT2D eigenvalue weighted by atomic mass is 32.2. The molecule has 0 saturated carbocycles. The lowest BCUT2D eigenvalue weighted by Crippen LogP contribution is -2.40. The van der Waals surface area contributed by atoms with Crippen molar-refractivity contribution < 1.29 is 13.2 Å². The lowest BCUT2D eigenvalue weighted by molar-refractivity contribution is 0.356. The Bertz CT molecular complexity index is 857. The summed E-state index contributed by atoms with van der Waals surface area (Å²) in [5, 5.41) is 0. The largest absolute Gasteiger partial charge is 0.493 e. The van der Waals surface area contributed by atoms with Crippen molar-refractivity contribution in [3.8, 4) is 5.75 Å². The van der Waals surface area contributed by atoms with Crippen LogP contribution in [0.15, 0.2) is 29.3 Å². The van der Waals surface area contributed by atoms with Crippen LogP contribution in [0.25, 0.3) is 0 Å². The average Bonchev–Trinajstić information content (AvgIpc) is 3.10. The summed E-state index contributed by atoms with van der Waals surface area (Å²) in [4.78, 5) is 4.77. The number of benzene rings is 1. The number of hydrogen-bond acceptors (Lipinski definition) is 4. The molecule has 0 aliphatic carbocycles. The molecule has 0 radical (unpaired) electrons. The van der Waals surface area contributed by atoms with Gasteiger partial charge in [-0.1, -0.05) is 0 Å². The predicted molar refractivity (Wildman–Crippen MR) is 85.0 cm³/mol. The highest BCUT2D eigenvalue weighted by Gasteiger charge is 2.26. The third-order valence-corrected chi connectivity index (χ3v) is 5.92. The van der Waals surface area contributed by atoms with Crippen LogP contribution in [0.3, 0.4) is 0 Å². The molecule has 0 bridgehead atoms. The van der Waals surface area contributed by atoms with E-state index < -0.39 is 10.0 Å². The van der Waals surface area contributed by atoms with E-state index in [9.17, 15) is 8.42 Å². The Kier molecular flexibility index (Phi) is 3.42. The predicted octanol–water partition coefficient (Wildman–Crippen LogP) is 1.42. The van der Waals surface area contributed by atoms with Gasteiger partial charge in [-0.05, 0) is 37.1 Å². The molecule has 2 aromatic rings. The molecule has 1 N–H and O–H groups in total. The van der Waals surface area contributed by atoms with E-state index in [1.54, 1.807) is 18.2 Å². The molecule has 1 aromatic carbocycles. The third-order valence-electron chi connectivity index (χ3n) is 4.41. The Morgan fingerprint density at radius 2 is 2.22 bits per heavy atom. The molecule has 2 aliphatic rings. The van der Waals surface area contributed by atoms with Crippen molar-refractivity contribution in [2.24, 2.45) is 0 Å². The van der Waals surface area contributed by atoms with E-state index in [1.807, 2.05) is 17.7 Å². The fourth-order valence-electron chi connectivity index (χ4n) is 3.30. The van der Waals surface area contributed by atoms with Gasteiger partial charge >= 0.3 is 0 Å². The van der Waals surface area contributed by atoms with Gasteiger partial charge in [0.05, 0.1) is 17.2 Å². The summed E-state index contributed by atoms with van der Waals surface area (Å²) in [5.41, 5.74) is 1.94. The normalized spacial score (nSPS) is 20.0. The molecule has 3 heterocycles. The summed E-state index contributed by atoms with van der Waals surface area (Å²) in [7, 11) is -3.52. The Balaban J connectivity index is 1.54. The molecule has 1 aromatic heterocycles. The van der Waals surface area contributed by atoms with E-state index in [2.05, 4.69) is 9.71 Å². The molecule has 6 nitrogen and oxygen atoms in total. The highest BCUT2D eigenvalue weighted by molar-refractivity contribution is 7.89. The number of rotatable bonds is 3. The monoisotopic (exact) mass is 333 g/mol. The van der Waals surface area contributed by atoms with E-state index in [-0.39, 0.29) is 6.04 Å². The number of imidazole rings is 1. The summed E-state index contributed by atoms with van der Waals surface area (Å²) in [6.45, 7) is 3.21. The van der Waals surface area contributed by atoms with Gasteiger partial charge in [-0.15, -0.1) is 0 Å². The molecule has 23 heavy (non-hydrogen) atoms. The Labute approximate surface area is 135 Å². The van der Waals surface area contributed by atoms with Crippen LogP contribution in [-0.2, 0) is 29.4 Å². The van der Waals surface area contributed by atoms with Gasteiger partial charge in [-0.25, -0.2) is 18.1 Å². The maximum absolute atomic E-state index is 12.6. The number of hydrogen-bond donors (Lipinski definition) is 1. The maximum atomic E-state index is 12.6. The summed E-state index contributed by atoms with van der Waals surface area (Å²) in [6.07, 6.45) is 4.30. The fraction of sp³-hybridized carbons (Fsp3) is 0.438. The van der Waals surface area contributed by atoms with Crippen LogP contribution in [0.2, 0.25) is 0 Å². The van der Waals surface area contributed by atoms with Gasteiger partial charge in [-0.3, -0.25) is 0 Å². The molecule has 1 atom stereocenters. The standard InChI is InChI=1S/C16H19N3O3S/c1-11-9-19-10-13(2-5-16(19)17-11)18-23(20,21)14-3-4-15-12(8-14)6-7-22-15/h3-4,8-9,13,18H,2,5-7,10H2,1H3/t13-/m1/s1. The SMILES string of the molecule is Cc1cn2c(n1)CC[C@@H](NS(=O)(=O)c1ccc3c(c1)CCO3)C2. The van der Waals surface area contributed by atoms with Crippen LogP contribution < -0.4 is 9.46 Å². The number of ether oxygens (including phenoxy) is 1. The van der Waals surface area contributed by atoms with Crippen molar-refractivity contribution in [3.05, 3.63) is 41.5 Å². The fourth-order valence-corrected chi connectivity index (χ4v) is 4.61. The van der Waals surface area contributed by atoms with Gasteiger partial charge < -0.3 is 9.30 Å². The van der Waals surface area contributed by atoms with Crippen molar-refractivity contribution >= 4 is 10.0 Å². The number of sulfonamides is 1.